The Hall–Kier alpha value is -1.03. The van der Waals surface area contributed by atoms with Gasteiger partial charge in [-0.15, -0.1) is 0 Å². The fourth-order valence-corrected chi connectivity index (χ4v) is 1.17. The standard InChI is InChI=1S/C9H9F3O/c1-6-3-2-4-7(10)8(6)9(11,12)5-13/h2-4,13H,5H2,1H3. The molecule has 0 unspecified atom stereocenters. The lowest BCUT2D eigenvalue weighted by Crippen LogP contribution is -2.21. The summed E-state index contributed by atoms with van der Waals surface area (Å²) in [7, 11) is 0. The van der Waals surface area contributed by atoms with Crippen molar-refractivity contribution in [1.29, 1.82) is 0 Å². The fourth-order valence-electron chi connectivity index (χ4n) is 1.17. The van der Waals surface area contributed by atoms with Crippen LogP contribution in [-0.2, 0) is 5.92 Å². The Morgan fingerprint density at radius 3 is 2.46 bits per heavy atom. The first-order chi connectivity index (χ1) is 5.99. The van der Waals surface area contributed by atoms with Crippen molar-refractivity contribution in [3.05, 3.63) is 35.1 Å². The average molecular weight is 190 g/mol. The molecule has 0 saturated carbocycles. The summed E-state index contributed by atoms with van der Waals surface area (Å²) in [5, 5.41) is 8.38. The number of rotatable bonds is 2. The van der Waals surface area contributed by atoms with Gasteiger partial charge in [-0.2, -0.15) is 8.78 Å². The lowest BCUT2D eigenvalue weighted by molar-refractivity contribution is -0.0587. The third-order valence-corrected chi connectivity index (χ3v) is 1.79. The van der Waals surface area contributed by atoms with Crippen LogP contribution in [0.5, 0.6) is 0 Å². The molecule has 0 spiro atoms. The third-order valence-electron chi connectivity index (χ3n) is 1.79. The highest BCUT2D eigenvalue weighted by Gasteiger charge is 2.34. The summed E-state index contributed by atoms with van der Waals surface area (Å²) in [5.41, 5.74) is -0.587. The zero-order valence-electron chi connectivity index (χ0n) is 7.02. The molecule has 1 aromatic rings. The fraction of sp³-hybridized carbons (Fsp3) is 0.333. The molecule has 0 saturated heterocycles. The molecule has 13 heavy (non-hydrogen) atoms. The topological polar surface area (TPSA) is 20.2 Å². The summed E-state index contributed by atoms with van der Waals surface area (Å²) in [5.74, 6) is -4.49. The lowest BCUT2D eigenvalue weighted by atomic mass is 10.0. The Morgan fingerprint density at radius 1 is 1.38 bits per heavy atom. The number of aryl methyl sites for hydroxylation is 1. The molecular weight excluding hydrogens is 181 g/mol. The quantitative estimate of drug-likeness (QED) is 0.758. The van der Waals surface area contributed by atoms with Gasteiger partial charge in [0.15, 0.2) is 0 Å². The summed E-state index contributed by atoms with van der Waals surface area (Å²) in [6.07, 6.45) is 0. The zero-order valence-corrected chi connectivity index (χ0v) is 7.02. The molecule has 1 N–H and O–H groups in total. The van der Waals surface area contributed by atoms with Crippen molar-refractivity contribution in [2.24, 2.45) is 0 Å². The monoisotopic (exact) mass is 190 g/mol. The van der Waals surface area contributed by atoms with Gasteiger partial charge < -0.3 is 5.11 Å². The molecular formula is C9H9F3O. The molecule has 0 aliphatic rings. The van der Waals surface area contributed by atoms with E-state index in [9.17, 15) is 13.2 Å². The molecule has 0 bridgehead atoms. The highest BCUT2D eigenvalue weighted by molar-refractivity contribution is 5.31. The van der Waals surface area contributed by atoms with Crippen molar-refractivity contribution >= 4 is 0 Å². The number of aliphatic hydroxyl groups is 1. The van der Waals surface area contributed by atoms with Crippen LogP contribution in [0, 0.1) is 12.7 Å². The van der Waals surface area contributed by atoms with Gasteiger partial charge in [0.2, 0.25) is 0 Å². The van der Waals surface area contributed by atoms with Gasteiger partial charge in [-0.1, -0.05) is 12.1 Å². The average Bonchev–Trinajstić information content (AvgIpc) is 2.03. The second-order valence-corrected chi connectivity index (χ2v) is 2.79. The van der Waals surface area contributed by atoms with Gasteiger partial charge in [0.1, 0.15) is 12.4 Å². The normalized spacial score (nSPS) is 11.8. The minimum absolute atomic E-state index is 0.138. The van der Waals surface area contributed by atoms with Gasteiger partial charge >= 0.3 is 0 Å². The van der Waals surface area contributed by atoms with E-state index in [-0.39, 0.29) is 5.56 Å². The van der Waals surface area contributed by atoms with Crippen molar-refractivity contribution in [3.63, 3.8) is 0 Å². The number of benzene rings is 1. The molecule has 0 aliphatic carbocycles. The van der Waals surface area contributed by atoms with Crippen LogP contribution in [0.3, 0.4) is 0 Å². The summed E-state index contributed by atoms with van der Waals surface area (Å²) in [6, 6.07) is 3.68. The lowest BCUT2D eigenvalue weighted by Gasteiger charge is -2.16. The first kappa shape index (κ1) is 10.1. The Bertz CT molecular complexity index is 289. The molecule has 4 heteroatoms. The van der Waals surface area contributed by atoms with E-state index >= 15 is 0 Å². The summed E-state index contributed by atoms with van der Waals surface area (Å²) >= 11 is 0. The van der Waals surface area contributed by atoms with E-state index in [1.807, 2.05) is 0 Å². The molecule has 1 aromatic carbocycles. The molecule has 1 rings (SSSR count). The minimum atomic E-state index is -3.50. The van der Waals surface area contributed by atoms with E-state index in [2.05, 4.69) is 0 Å². The second kappa shape index (κ2) is 3.38. The van der Waals surface area contributed by atoms with Gasteiger partial charge in [-0.3, -0.25) is 0 Å². The van der Waals surface area contributed by atoms with Crippen molar-refractivity contribution in [2.75, 3.05) is 6.61 Å². The highest BCUT2D eigenvalue weighted by Crippen LogP contribution is 2.31. The van der Waals surface area contributed by atoms with Crippen LogP contribution in [0.2, 0.25) is 0 Å². The predicted molar refractivity (Wildman–Crippen MR) is 42.1 cm³/mol. The summed E-state index contributed by atoms with van der Waals surface area (Å²) in [6.45, 7) is -0.00322. The SMILES string of the molecule is Cc1cccc(F)c1C(F)(F)CO. The van der Waals surface area contributed by atoms with Gasteiger partial charge in [-0.05, 0) is 18.6 Å². The third kappa shape index (κ3) is 1.83. The number of hydrogen-bond acceptors (Lipinski definition) is 1. The van der Waals surface area contributed by atoms with Crippen LogP contribution in [-0.4, -0.2) is 11.7 Å². The Labute approximate surface area is 73.8 Å². The highest BCUT2D eigenvalue weighted by atomic mass is 19.3. The smallest absolute Gasteiger partial charge is 0.298 e. The molecule has 0 amide bonds. The van der Waals surface area contributed by atoms with Crippen molar-refractivity contribution in [2.45, 2.75) is 12.8 Å². The van der Waals surface area contributed by atoms with Crippen LogP contribution in [0.4, 0.5) is 13.2 Å². The number of aliphatic hydroxyl groups excluding tert-OH is 1. The maximum Gasteiger partial charge on any atom is 0.298 e. The van der Waals surface area contributed by atoms with Crippen LogP contribution in [0.15, 0.2) is 18.2 Å². The van der Waals surface area contributed by atoms with Crippen molar-refractivity contribution in [3.8, 4) is 0 Å². The summed E-state index contributed by atoms with van der Waals surface area (Å²) < 4.78 is 38.8. The van der Waals surface area contributed by atoms with E-state index in [1.165, 1.54) is 19.1 Å². The molecule has 0 heterocycles. The maximum atomic E-state index is 12.9. The van der Waals surface area contributed by atoms with Crippen LogP contribution < -0.4 is 0 Å². The van der Waals surface area contributed by atoms with Gasteiger partial charge in [0.05, 0.1) is 5.56 Å². The van der Waals surface area contributed by atoms with Gasteiger partial charge in [-0.25, -0.2) is 4.39 Å². The largest absolute Gasteiger partial charge is 0.390 e. The molecule has 0 fully saturated rings. The Balaban J connectivity index is 3.28. The van der Waals surface area contributed by atoms with E-state index in [0.29, 0.717) is 0 Å². The molecule has 72 valence electrons. The minimum Gasteiger partial charge on any atom is -0.390 e. The first-order valence-corrected chi connectivity index (χ1v) is 3.73. The molecule has 0 radical (unpaired) electrons. The Morgan fingerprint density at radius 2 is 2.00 bits per heavy atom. The van der Waals surface area contributed by atoms with E-state index in [4.69, 9.17) is 5.11 Å². The number of alkyl halides is 2. The molecule has 0 aliphatic heterocycles. The van der Waals surface area contributed by atoms with Crippen molar-refractivity contribution in [1.82, 2.24) is 0 Å². The van der Waals surface area contributed by atoms with Gasteiger partial charge in [0, 0.05) is 0 Å². The predicted octanol–water partition coefficient (Wildman–Crippen LogP) is 2.22. The van der Waals surface area contributed by atoms with Crippen LogP contribution in [0.1, 0.15) is 11.1 Å². The first-order valence-electron chi connectivity index (χ1n) is 3.73. The van der Waals surface area contributed by atoms with Gasteiger partial charge in [0.25, 0.3) is 5.92 Å². The molecule has 1 nitrogen and oxygen atoms in total. The van der Waals surface area contributed by atoms with E-state index in [0.717, 1.165) is 6.07 Å². The molecule has 0 aromatic heterocycles. The zero-order chi connectivity index (χ0) is 10.1. The van der Waals surface area contributed by atoms with E-state index in [1.54, 1.807) is 0 Å². The number of hydrogen-bond donors (Lipinski definition) is 1. The second-order valence-electron chi connectivity index (χ2n) is 2.79. The number of halogens is 3. The Kier molecular flexibility index (Phi) is 2.61. The van der Waals surface area contributed by atoms with Crippen LogP contribution in [0.25, 0.3) is 0 Å². The molecule has 0 atom stereocenters. The van der Waals surface area contributed by atoms with Crippen LogP contribution >= 0.6 is 0 Å². The van der Waals surface area contributed by atoms with E-state index < -0.39 is 23.9 Å². The van der Waals surface area contributed by atoms with Crippen molar-refractivity contribution < 1.29 is 18.3 Å². The maximum absolute atomic E-state index is 12.9. The summed E-state index contributed by atoms with van der Waals surface area (Å²) in [4.78, 5) is 0.